The smallest absolute Gasteiger partial charge is 0.416 e. The highest BCUT2D eigenvalue weighted by Gasteiger charge is 2.32. The summed E-state index contributed by atoms with van der Waals surface area (Å²) < 4.78 is 100. The van der Waals surface area contributed by atoms with E-state index < -0.39 is 29.4 Å². The molecule has 75 heavy (non-hydrogen) atoms. The third kappa shape index (κ3) is 21.3. The molecule has 21 heteroatoms. The Hall–Kier alpha value is -7.23. The Morgan fingerprint density at radius 1 is 0.600 bits per heavy atom. The van der Waals surface area contributed by atoms with Crippen molar-refractivity contribution < 1.29 is 64.8 Å². The molecule has 0 saturated carbocycles. The van der Waals surface area contributed by atoms with Gasteiger partial charge < -0.3 is 29.8 Å². The highest BCUT2D eigenvalue weighted by atomic mass is 19.4. The topological polar surface area (TPSA) is 176 Å². The number of likely N-dealkylation sites (tertiary alicyclic amines) is 2. The van der Waals surface area contributed by atoms with E-state index in [9.17, 15) is 40.7 Å². The zero-order chi connectivity index (χ0) is 54.2. The van der Waals surface area contributed by atoms with Gasteiger partial charge in [-0.2, -0.15) is 26.3 Å². The molecule has 0 bridgehead atoms. The molecule has 4 heterocycles. The van der Waals surface area contributed by atoms with E-state index in [4.69, 9.17) is 29.8 Å². The second kappa shape index (κ2) is 29.6. The number of carboxylic acid groups (broad SMARTS) is 1. The molecular weight excluding hydrogens is 989 g/mol. The minimum Gasteiger partial charge on any atom is -0.494 e. The van der Waals surface area contributed by atoms with Crippen LogP contribution in [0.25, 0.3) is 0 Å². The molecule has 2 aromatic heterocycles. The Morgan fingerprint density at radius 2 is 1.00 bits per heavy atom. The quantitative estimate of drug-likeness (QED) is 0.0877. The first kappa shape index (κ1) is 58.7. The number of aliphatic carboxylic acids is 1. The molecule has 2 aliphatic rings. The van der Waals surface area contributed by atoms with E-state index in [1.165, 1.54) is 46.1 Å². The van der Waals surface area contributed by atoms with Crippen LogP contribution in [0.4, 0.5) is 31.1 Å². The van der Waals surface area contributed by atoms with E-state index in [0.29, 0.717) is 55.4 Å². The number of halogens is 6. The second-order valence-electron chi connectivity index (χ2n) is 17.5. The molecule has 2 fully saturated rings. The Kier molecular flexibility index (Phi) is 23.2. The first-order valence-electron chi connectivity index (χ1n) is 24.4. The average Bonchev–Trinajstić information content (AvgIpc) is 4.15. The molecule has 0 radical (unpaired) electrons. The summed E-state index contributed by atoms with van der Waals surface area (Å²) in [5, 5.41) is 8.36. The fourth-order valence-corrected chi connectivity index (χ4v) is 7.83. The number of imidazole rings is 2. The standard InChI is InChI=1S/C24H28F3NO3.C13H17F3N2.C10H12O4.C7H6N4O/c1-2-30-22-6-8-23(9-7-22)31-17-21(29)15-18-10-12-28(13-11-18)16-19-4-3-5-20(14-19)24(25,26)27;14-13(15,16)11-3-1-2-10(8-11)9-18-6-4-12(17)5-7-18;1-2-13-8-3-5-9(6-4-8)14-7-10(11)12;12-7(10-3-1-8-5-10)11-4-2-9-6-11/h3-9,14,18H,2,10-13,15-17H2,1H3;1-3,8,12H,4-7,9,17H2;3-6H,2,7H2,1H3,(H,11,12);1-6H. The Morgan fingerprint density at radius 3 is 1.37 bits per heavy atom. The van der Waals surface area contributed by atoms with E-state index in [-0.39, 0.29) is 37.0 Å². The summed E-state index contributed by atoms with van der Waals surface area (Å²) in [6.45, 7) is 9.05. The van der Waals surface area contributed by atoms with Crippen LogP contribution in [-0.2, 0) is 35.0 Å². The average molecular weight is 1050 g/mol. The highest BCUT2D eigenvalue weighted by molar-refractivity contribution is 5.80. The van der Waals surface area contributed by atoms with Crippen molar-refractivity contribution in [2.75, 3.05) is 52.6 Å². The number of nitrogens with two attached hydrogens (primary N) is 1. The number of benzene rings is 4. The summed E-state index contributed by atoms with van der Waals surface area (Å²) in [6, 6.07) is 25.1. The van der Waals surface area contributed by atoms with Crippen LogP contribution in [0, 0.1) is 5.92 Å². The lowest BCUT2D eigenvalue weighted by Gasteiger charge is -2.31. The minimum atomic E-state index is -4.32. The van der Waals surface area contributed by atoms with Gasteiger partial charge in [-0.05, 0) is 143 Å². The Balaban J connectivity index is 0.000000200. The molecule has 6 aromatic rings. The van der Waals surface area contributed by atoms with Crippen molar-refractivity contribution in [2.24, 2.45) is 11.7 Å². The van der Waals surface area contributed by atoms with Gasteiger partial charge in [0.1, 0.15) is 42.3 Å². The third-order valence-corrected chi connectivity index (χ3v) is 11.7. The fourth-order valence-electron chi connectivity index (χ4n) is 7.83. The number of nitrogens with zero attached hydrogens (tertiary/aromatic N) is 6. The van der Waals surface area contributed by atoms with Crippen molar-refractivity contribution in [3.63, 3.8) is 0 Å². The minimum absolute atomic E-state index is 0.0401. The highest BCUT2D eigenvalue weighted by Crippen LogP contribution is 2.32. The van der Waals surface area contributed by atoms with Gasteiger partial charge in [0.25, 0.3) is 0 Å². The summed E-state index contributed by atoms with van der Waals surface area (Å²) in [5.74, 6) is 2.02. The lowest BCUT2D eigenvalue weighted by molar-refractivity contribution is -0.139. The lowest BCUT2D eigenvalue weighted by atomic mass is 9.91. The predicted octanol–water partition coefficient (Wildman–Crippen LogP) is 10.1. The number of alkyl halides is 6. The molecule has 0 atom stereocenters. The van der Waals surface area contributed by atoms with Crippen LogP contribution in [0.3, 0.4) is 0 Å². The monoisotopic (exact) mass is 1050 g/mol. The maximum absolute atomic E-state index is 12.9. The maximum Gasteiger partial charge on any atom is 0.416 e. The van der Waals surface area contributed by atoms with Gasteiger partial charge in [0.2, 0.25) is 0 Å². The molecule has 0 amide bonds. The molecule has 15 nitrogen and oxygen atoms in total. The van der Waals surface area contributed by atoms with Crippen molar-refractivity contribution in [1.29, 1.82) is 0 Å². The van der Waals surface area contributed by atoms with Gasteiger partial charge in [-0.3, -0.25) is 23.7 Å². The fraction of sp³-hybridized carbons (Fsp3) is 0.389. The zero-order valence-electron chi connectivity index (χ0n) is 41.8. The van der Waals surface area contributed by atoms with Gasteiger partial charge in [-0.15, -0.1) is 0 Å². The van der Waals surface area contributed by atoms with E-state index in [1.807, 2.05) is 26.0 Å². The number of rotatable bonds is 16. The van der Waals surface area contributed by atoms with Crippen LogP contribution < -0.4 is 24.7 Å². The van der Waals surface area contributed by atoms with E-state index in [0.717, 1.165) is 75.5 Å². The van der Waals surface area contributed by atoms with Crippen LogP contribution >= 0.6 is 0 Å². The van der Waals surface area contributed by atoms with Crippen LogP contribution in [0.5, 0.6) is 23.0 Å². The van der Waals surface area contributed by atoms with Crippen molar-refractivity contribution in [1.82, 2.24) is 28.9 Å². The lowest BCUT2D eigenvalue weighted by Crippen LogP contribution is -2.39. The number of carbonyl (C=O) groups excluding carboxylic acids is 2. The zero-order valence-corrected chi connectivity index (χ0v) is 41.8. The van der Waals surface area contributed by atoms with E-state index >= 15 is 0 Å². The number of aromatic nitrogens is 4. The van der Waals surface area contributed by atoms with Crippen LogP contribution in [0.1, 0.15) is 68.2 Å². The molecule has 8 rings (SSSR count). The molecule has 2 saturated heterocycles. The SMILES string of the molecule is CCOc1ccc(OCC(=O)CC2CCN(Cc3cccc(C(F)(F)F)c3)CC2)cc1.CCOc1ccc(OCC(=O)O)cc1.NC1CCN(Cc2cccc(C(F)(F)F)c2)CC1.O=C(n1ccnc1)n1ccnc1. The van der Waals surface area contributed by atoms with Crippen LogP contribution in [0.15, 0.2) is 135 Å². The van der Waals surface area contributed by atoms with Crippen molar-refractivity contribution in [2.45, 2.75) is 77.4 Å². The van der Waals surface area contributed by atoms with E-state index in [2.05, 4.69) is 19.8 Å². The van der Waals surface area contributed by atoms with Crippen molar-refractivity contribution in [3.05, 3.63) is 157 Å². The third-order valence-electron chi connectivity index (χ3n) is 11.7. The van der Waals surface area contributed by atoms with E-state index in [1.54, 1.807) is 73.3 Å². The number of Topliss-reactive ketones (excluding diaryl/α,β-unsaturated/α-hetero) is 1. The summed E-state index contributed by atoms with van der Waals surface area (Å²) in [6.07, 6.45) is 4.59. The number of ether oxygens (including phenoxy) is 4. The van der Waals surface area contributed by atoms with Crippen molar-refractivity contribution >= 4 is 17.8 Å². The van der Waals surface area contributed by atoms with Gasteiger partial charge in [0.05, 0.1) is 24.3 Å². The van der Waals surface area contributed by atoms with Crippen LogP contribution in [-0.4, -0.2) is 110 Å². The molecule has 3 N–H and O–H groups in total. The molecule has 0 unspecified atom stereocenters. The molecular formula is C54H63F6N7O8. The van der Waals surface area contributed by atoms with Crippen molar-refractivity contribution in [3.8, 4) is 23.0 Å². The maximum atomic E-state index is 12.9. The number of hydrogen-bond acceptors (Lipinski definition) is 12. The first-order valence-corrected chi connectivity index (χ1v) is 24.4. The van der Waals surface area contributed by atoms with Gasteiger partial charge >= 0.3 is 24.4 Å². The summed E-state index contributed by atoms with van der Waals surface area (Å²) in [4.78, 5) is 45.7. The second-order valence-corrected chi connectivity index (χ2v) is 17.5. The number of carboxylic acids is 1. The summed E-state index contributed by atoms with van der Waals surface area (Å²) >= 11 is 0. The van der Waals surface area contributed by atoms with Gasteiger partial charge in [0, 0.05) is 50.3 Å². The molecule has 404 valence electrons. The molecule has 4 aromatic carbocycles. The molecule has 0 aliphatic carbocycles. The predicted molar refractivity (Wildman–Crippen MR) is 267 cm³/mol. The summed E-state index contributed by atoms with van der Waals surface area (Å²) in [7, 11) is 0. The molecule has 2 aliphatic heterocycles. The Labute approximate surface area is 431 Å². The largest absolute Gasteiger partial charge is 0.494 e. The molecule has 0 spiro atoms. The van der Waals surface area contributed by atoms with Gasteiger partial charge in [-0.25, -0.2) is 19.6 Å². The van der Waals surface area contributed by atoms with Gasteiger partial charge in [0.15, 0.2) is 12.4 Å². The van der Waals surface area contributed by atoms with Crippen LogP contribution in [0.2, 0.25) is 0 Å². The normalized spacial score (nSPS) is 14.4. The summed E-state index contributed by atoms with van der Waals surface area (Å²) in [5.41, 5.74) is 5.98. The number of ketones is 1. The number of carbonyl (C=O) groups is 3. The number of piperidine rings is 2. The Bertz CT molecular complexity index is 2560. The first-order chi connectivity index (χ1) is 35.9. The van der Waals surface area contributed by atoms with Gasteiger partial charge in [-0.1, -0.05) is 36.4 Å². The number of hydrogen-bond donors (Lipinski definition) is 2.